The summed E-state index contributed by atoms with van der Waals surface area (Å²) in [5, 5.41) is 4.65. The molecule has 1 aliphatic heterocycles. The van der Waals surface area contributed by atoms with Crippen LogP contribution in [0.4, 0.5) is 11.6 Å². The summed E-state index contributed by atoms with van der Waals surface area (Å²) >= 11 is 12.0. The van der Waals surface area contributed by atoms with E-state index in [1.165, 1.54) is 11.6 Å². The summed E-state index contributed by atoms with van der Waals surface area (Å²) < 4.78 is 4.52. The number of aromatic nitrogens is 4. The van der Waals surface area contributed by atoms with Crippen molar-refractivity contribution in [1.29, 1.82) is 0 Å². The van der Waals surface area contributed by atoms with Crippen LogP contribution < -0.4 is 21.5 Å². The van der Waals surface area contributed by atoms with E-state index >= 15 is 0 Å². The second-order valence-corrected chi connectivity index (χ2v) is 10.5. The molecule has 0 atom stereocenters. The fourth-order valence-corrected chi connectivity index (χ4v) is 5.33. The van der Waals surface area contributed by atoms with E-state index in [4.69, 9.17) is 28.8 Å². The highest BCUT2D eigenvalue weighted by molar-refractivity contribution is 7.80. The van der Waals surface area contributed by atoms with Gasteiger partial charge >= 0.3 is 5.69 Å². The van der Waals surface area contributed by atoms with Crippen LogP contribution in [-0.2, 0) is 20.6 Å². The predicted molar refractivity (Wildman–Crippen MR) is 157 cm³/mol. The standard InChI is InChI=1S/C27H30ClN7O2S/c1-17-7-5-8-19(15-17)16-35-22-23(31(3)27(37)32(4)24(22)36)30-25(35)33-11-13-34(14-12-33)26(38)29-21-10-6-9-20(28)18(21)2/h5-10,15H,11-14,16H2,1-4H3,(H,29,38). The van der Waals surface area contributed by atoms with Crippen LogP contribution in [0.5, 0.6) is 0 Å². The first-order chi connectivity index (χ1) is 18.2. The second kappa shape index (κ2) is 10.3. The smallest absolute Gasteiger partial charge is 0.332 e. The van der Waals surface area contributed by atoms with Gasteiger partial charge in [0, 0.05) is 51.0 Å². The number of anilines is 2. The maximum Gasteiger partial charge on any atom is 0.332 e. The molecule has 1 aliphatic rings. The molecular weight excluding hydrogens is 522 g/mol. The van der Waals surface area contributed by atoms with Crippen molar-refractivity contribution in [3.63, 3.8) is 0 Å². The van der Waals surface area contributed by atoms with Gasteiger partial charge < -0.3 is 15.1 Å². The van der Waals surface area contributed by atoms with E-state index in [2.05, 4.69) is 21.2 Å². The summed E-state index contributed by atoms with van der Waals surface area (Å²) in [5.41, 5.74) is 4.09. The zero-order chi connectivity index (χ0) is 27.1. The van der Waals surface area contributed by atoms with Gasteiger partial charge in [0.25, 0.3) is 5.56 Å². The largest absolute Gasteiger partial charge is 0.345 e. The Hall–Kier alpha value is -3.63. The molecule has 2 aromatic heterocycles. The van der Waals surface area contributed by atoms with Crippen LogP contribution in [0.2, 0.25) is 5.02 Å². The van der Waals surface area contributed by atoms with E-state index in [0.29, 0.717) is 60.0 Å². The molecule has 0 amide bonds. The molecule has 5 rings (SSSR count). The third-order valence-corrected chi connectivity index (χ3v) is 7.88. The Morgan fingerprint density at radius 2 is 1.74 bits per heavy atom. The van der Waals surface area contributed by atoms with Crippen molar-refractivity contribution in [2.75, 3.05) is 36.4 Å². The number of hydrogen-bond donors (Lipinski definition) is 1. The zero-order valence-corrected chi connectivity index (χ0v) is 23.4. The number of thiocarbonyl (C=S) groups is 1. The highest BCUT2D eigenvalue weighted by atomic mass is 35.5. The van der Waals surface area contributed by atoms with Gasteiger partial charge in [-0.3, -0.25) is 18.5 Å². The average Bonchev–Trinajstić information content (AvgIpc) is 3.28. The van der Waals surface area contributed by atoms with E-state index in [1.54, 1.807) is 7.05 Å². The Morgan fingerprint density at radius 1 is 1.03 bits per heavy atom. The molecule has 0 saturated carbocycles. The molecule has 1 fully saturated rings. The number of imidazole rings is 1. The van der Waals surface area contributed by atoms with Crippen LogP contribution in [0.15, 0.2) is 52.1 Å². The number of aryl methyl sites for hydroxylation is 2. The summed E-state index contributed by atoms with van der Waals surface area (Å²) in [6.45, 7) is 7.13. The molecule has 3 heterocycles. The number of piperazine rings is 1. The number of nitrogens with one attached hydrogen (secondary N) is 1. The van der Waals surface area contributed by atoms with Gasteiger partial charge in [-0.25, -0.2) is 4.79 Å². The number of benzene rings is 2. The van der Waals surface area contributed by atoms with Gasteiger partial charge in [-0.05, 0) is 49.3 Å². The molecule has 9 nitrogen and oxygen atoms in total. The minimum absolute atomic E-state index is 0.351. The predicted octanol–water partition coefficient (Wildman–Crippen LogP) is 3.27. The molecule has 38 heavy (non-hydrogen) atoms. The highest BCUT2D eigenvalue weighted by Crippen LogP contribution is 2.25. The molecule has 1 N–H and O–H groups in total. The molecule has 1 saturated heterocycles. The molecule has 0 bridgehead atoms. The first kappa shape index (κ1) is 26.0. The average molecular weight is 552 g/mol. The molecule has 0 aliphatic carbocycles. The lowest BCUT2D eigenvalue weighted by molar-refractivity contribution is 0.386. The van der Waals surface area contributed by atoms with Crippen molar-refractivity contribution in [2.24, 2.45) is 14.1 Å². The van der Waals surface area contributed by atoms with Gasteiger partial charge in [-0.2, -0.15) is 4.98 Å². The Labute approximate surface area is 230 Å². The topological polar surface area (TPSA) is 80.3 Å². The van der Waals surface area contributed by atoms with Crippen LogP contribution in [0, 0.1) is 13.8 Å². The van der Waals surface area contributed by atoms with Crippen molar-refractivity contribution >= 4 is 51.7 Å². The second-order valence-electron chi connectivity index (χ2n) is 9.68. The minimum Gasteiger partial charge on any atom is -0.345 e. The first-order valence-electron chi connectivity index (χ1n) is 12.4. The molecule has 0 spiro atoms. The number of rotatable bonds is 4. The van der Waals surface area contributed by atoms with Crippen LogP contribution in [0.3, 0.4) is 0 Å². The van der Waals surface area contributed by atoms with Crippen LogP contribution in [0.1, 0.15) is 16.7 Å². The summed E-state index contributed by atoms with van der Waals surface area (Å²) in [7, 11) is 3.15. The van der Waals surface area contributed by atoms with Gasteiger partial charge in [0.05, 0.1) is 6.54 Å². The molecular formula is C27H30ClN7O2S. The fraction of sp³-hybridized carbons (Fsp3) is 0.333. The Morgan fingerprint density at radius 3 is 2.45 bits per heavy atom. The van der Waals surface area contributed by atoms with Gasteiger partial charge in [0.1, 0.15) is 0 Å². The van der Waals surface area contributed by atoms with E-state index < -0.39 is 5.69 Å². The van der Waals surface area contributed by atoms with Gasteiger partial charge in [0.2, 0.25) is 5.95 Å². The monoisotopic (exact) mass is 551 g/mol. The molecule has 11 heteroatoms. The number of hydrogen-bond acceptors (Lipinski definition) is 5. The summed E-state index contributed by atoms with van der Waals surface area (Å²) in [6, 6.07) is 13.9. The third-order valence-electron chi connectivity index (χ3n) is 7.11. The lowest BCUT2D eigenvalue weighted by Crippen LogP contribution is -2.50. The lowest BCUT2D eigenvalue weighted by atomic mass is 10.1. The number of fused-ring (bicyclic) bond motifs is 1. The number of nitrogens with zero attached hydrogens (tertiary/aromatic N) is 6. The Balaban J connectivity index is 1.45. The summed E-state index contributed by atoms with van der Waals surface area (Å²) in [4.78, 5) is 35.0. The molecule has 198 valence electrons. The SMILES string of the molecule is Cc1cccc(Cn2c(N3CCN(C(=S)Nc4cccc(Cl)c4C)CC3)nc3c2c(=O)n(C)c(=O)n3C)c1. The maximum absolute atomic E-state index is 13.3. The summed E-state index contributed by atoms with van der Waals surface area (Å²) in [5.74, 6) is 0.670. The molecule has 4 aromatic rings. The fourth-order valence-electron chi connectivity index (χ4n) is 4.87. The maximum atomic E-state index is 13.3. The molecule has 0 unspecified atom stereocenters. The first-order valence-corrected chi connectivity index (χ1v) is 13.2. The number of halogens is 1. The zero-order valence-electron chi connectivity index (χ0n) is 21.9. The van der Waals surface area contributed by atoms with E-state index in [0.717, 1.165) is 26.9 Å². The third kappa shape index (κ3) is 4.69. The Bertz CT molecular complexity index is 1660. The molecule has 2 aromatic carbocycles. The van der Waals surface area contributed by atoms with Crippen molar-refractivity contribution < 1.29 is 0 Å². The van der Waals surface area contributed by atoms with Gasteiger partial charge in [0.15, 0.2) is 16.3 Å². The Kier molecular flexibility index (Phi) is 7.02. The van der Waals surface area contributed by atoms with Gasteiger partial charge in [-0.1, -0.05) is 47.5 Å². The summed E-state index contributed by atoms with van der Waals surface area (Å²) in [6.07, 6.45) is 0. The van der Waals surface area contributed by atoms with Crippen LogP contribution >= 0.6 is 23.8 Å². The van der Waals surface area contributed by atoms with Crippen molar-refractivity contribution in [3.05, 3.63) is 85.0 Å². The quantitative estimate of drug-likeness (QED) is 0.390. The highest BCUT2D eigenvalue weighted by Gasteiger charge is 2.26. The van der Waals surface area contributed by atoms with E-state index in [9.17, 15) is 9.59 Å². The van der Waals surface area contributed by atoms with Gasteiger partial charge in [-0.15, -0.1) is 0 Å². The van der Waals surface area contributed by atoms with E-state index in [1.807, 2.05) is 54.8 Å². The lowest BCUT2D eigenvalue weighted by Gasteiger charge is -2.37. The normalized spacial score (nSPS) is 13.8. The van der Waals surface area contributed by atoms with E-state index in [-0.39, 0.29) is 5.56 Å². The van der Waals surface area contributed by atoms with Crippen LogP contribution in [0.25, 0.3) is 11.2 Å². The van der Waals surface area contributed by atoms with Crippen molar-refractivity contribution in [1.82, 2.24) is 23.6 Å². The van der Waals surface area contributed by atoms with Crippen LogP contribution in [-0.4, -0.2) is 54.9 Å². The van der Waals surface area contributed by atoms with Crippen molar-refractivity contribution in [2.45, 2.75) is 20.4 Å². The molecule has 0 radical (unpaired) electrons. The minimum atomic E-state index is -0.396. The van der Waals surface area contributed by atoms with Crippen molar-refractivity contribution in [3.8, 4) is 0 Å².